The number of ether oxygens (including phenoxy) is 1. The first kappa shape index (κ1) is 16.2. The zero-order valence-electron chi connectivity index (χ0n) is 12.7. The molecule has 0 saturated heterocycles. The van der Waals surface area contributed by atoms with Crippen molar-refractivity contribution in [3.05, 3.63) is 64.1 Å². The number of H-pyrrole nitrogens is 1. The van der Waals surface area contributed by atoms with E-state index in [-0.39, 0.29) is 18.5 Å². The fourth-order valence-electron chi connectivity index (χ4n) is 2.75. The van der Waals surface area contributed by atoms with Gasteiger partial charge in [-0.05, 0) is 24.1 Å². The van der Waals surface area contributed by atoms with E-state index < -0.39 is 24.4 Å². The molecule has 0 spiro atoms. The van der Waals surface area contributed by atoms with Crippen LogP contribution in [0.3, 0.4) is 0 Å². The minimum absolute atomic E-state index is 0.0585. The number of rotatable bonds is 4. The third-order valence-corrected chi connectivity index (χ3v) is 3.94. The molecule has 3 rings (SSSR count). The van der Waals surface area contributed by atoms with Gasteiger partial charge in [0.15, 0.2) is 6.10 Å². The minimum atomic E-state index is -2.77. The monoisotopic (exact) mass is 334 g/mol. The van der Waals surface area contributed by atoms with Crippen LogP contribution in [0.2, 0.25) is 0 Å². The van der Waals surface area contributed by atoms with Crippen LogP contribution in [-0.4, -0.2) is 23.4 Å². The number of fused-ring (bicyclic) bond motifs is 1. The zero-order chi connectivity index (χ0) is 17.1. The molecule has 24 heavy (non-hydrogen) atoms. The van der Waals surface area contributed by atoms with Gasteiger partial charge in [0, 0.05) is 11.8 Å². The molecule has 1 aliphatic rings. The van der Waals surface area contributed by atoms with E-state index in [0.29, 0.717) is 11.4 Å². The first-order chi connectivity index (χ1) is 11.5. The number of hydrogen-bond acceptors (Lipinski definition) is 3. The summed E-state index contributed by atoms with van der Waals surface area (Å²) in [7, 11) is 0. The Kier molecular flexibility index (Phi) is 4.59. The van der Waals surface area contributed by atoms with Crippen molar-refractivity contribution in [2.45, 2.75) is 25.5 Å². The highest BCUT2D eigenvalue weighted by atomic mass is 19.3. The van der Waals surface area contributed by atoms with E-state index in [1.807, 2.05) is 0 Å². The second kappa shape index (κ2) is 6.82. The molecule has 2 aromatic rings. The van der Waals surface area contributed by atoms with Gasteiger partial charge < -0.3 is 15.0 Å². The third kappa shape index (κ3) is 3.45. The molecule has 0 bridgehead atoms. The lowest BCUT2D eigenvalue weighted by Gasteiger charge is -2.32. The van der Waals surface area contributed by atoms with Gasteiger partial charge in [-0.2, -0.15) is 0 Å². The van der Waals surface area contributed by atoms with Crippen molar-refractivity contribution >= 4 is 5.91 Å². The Labute approximate surface area is 136 Å². The van der Waals surface area contributed by atoms with Gasteiger partial charge in [-0.25, -0.2) is 8.78 Å². The number of para-hydroxylation sites is 1. The van der Waals surface area contributed by atoms with Crippen molar-refractivity contribution in [2.75, 3.05) is 0 Å². The highest BCUT2D eigenvalue weighted by molar-refractivity contribution is 5.80. The molecule has 0 unspecified atom stereocenters. The van der Waals surface area contributed by atoms with E-state index in [1.54, 1.807) is 36.4 Å². The Hall–Kier alpha value is -2.70. The Morgan fingerprint density at radius 3 is 2.79 bits per heavy atom. The summed E-state index contributed by atoms with van der Waals surface area (Å²) in [6, 6.07) is 11.4. The average molecular weight is 334 g/mol. The predicted molar refractivity (Wildman–Crippen MR) is 83.0 cm³/mol. The van der Waals surface area contributed by atoms with Crippen molar-refractivity contribution in [3.8, 4) is 5.75 Å². The van der Waals surface area contributed by atoms with E-state index in [1.165, 1.54) is 6.07 Å². The highest BCUT2D eigenvalue weighted by Crippen LogP contribution is 2.33. The van der Waals surface area contributed by atoms with Gasteiger partial charge in [0.25, 0.3) is 6.43 Å². The second-order valence-corrected chi connectivity index (χ2v) is 5.59. The van der Waals surface area contributed by atoms with Crippen LogP contribution in [0.4, 0.5) is 8.78 Å². The van der Waals surface area contributed by atoms with Gasteiger partial charge in [-0.3, -0.25) is 9.59 Å². The Morgan fingerprint density at radius 1 is 1.25 bits per heavy atom. The van der Waals surface area contributed by atoms with Gasteiger partial charge in [0.05, 0.1) is 12.5 Å². The van der Waals surface area contributed by atoms with Crippen LogP contribution in [0.1, 0.15) is 11.3 Å². The molecule has 1 aromatic heterocycles. The summed E-state index contributed by atoms with van der Waals surface area (Å²) in [5.74, 6) is -1.13. The van der Waals surface area contributed by atoms with Crippen LogP contribution in [0.25, 0.3) is 0 Å². The Balaban J connectivity index is 1.73. The van der Waals surface area contributed by atoms with Gasteiger partial charge >= 0.3 is 0 Å². The average Bonchev–Trinajstić information content (AvgIpc) is 2.58. The molecule has 0 saturated carbocycles. The van der Waals surface area contributed by atoms with Gasteiger partial charge in [0.1, 0.15) is 5.75 Å². The summed E-state index contributed by atoms with van der Waals surface area (Å²) in [4.78, 5) is 26.2. The molecule has 0 fully saturated rings. The maximum Gasteiger partial charge on any atom is 0.275 e. The lowest BCUT2D eigenvalue weighted by atomic mass is 9.90. The molecule has 5 nitrogen and oxygen atoms in total. The number of alkyl halides is 2. The van der Waals surface area contributed by atoms with Gasteiger partial charge in [0.2, 0.25) is 11.5 Å². The van der Waals surface area contributed by atoms with E-state index in [9.17, 15) is 18.4 Å². The molecule has 2 heterocycles. The first-order valence-corrected chi connectivity index (χ1v) is 7.53. The quantitative estimate of drug-likeness (QED) is 0.897. The fourth-order valence-corrected chi connectivity index (χ4v) is 2.75. The predicted octanol–water partition coefficient (Wildman–Crippen LogP) is 1.88. The van der Waals surface area contributed by atoms with E-state index in [2.05, 4.69) is 10.3 Å². The van der Waals surface area contributed by atoms with Crippen LogP contribution < -0.4 is 15.6 Å². The molecule has 1 aromatic carbocycles. The number of aromatic amines is 1. The molecule has 0 aliphatic carbocycles. The summed E-state index contributed by atoms with van der Waals surface area (Å²) in [6.45, 7) is 0.0585. The number of halogens is 2. The zero-order valence-corrected chi connectivity index (χ0v) is 12.7. The molecule has 2 atom stereocenters. The SMILES string of the molecule is O=C(NCc1cccc(=O)[nH]1)[C@@H]1Cc2ccccc2O[C@H]1C(F)F. The largest absolute Gasteiger partial charge is 0.483 e. The molecule has 2 N–H and O–H groups in total. The number of nitrogens with one attached hydrogen (secondary N) is 2. The number of aromatic nitrogens is 1. The maximum atomic E-state index is 13.3. The minimum Gasteiger partial charge on any atom is -0.483 e. The standard InChI is InChI=1S/C17H16F2N2O3/c18-16(19)15-12(8-10-4-1-2-6-13(10)24-15)17(23)20-9-11-5-3-7-14(22)21-11/h1-7,12,15-16H,8-9H2,(H,20,23)(H,21,22)/t12-,15-/m1/s1. The molecular weight excluding hydrogens is 318 g/mol. The number of hydrogen-bond donors (Lipinski definition) is 2. The van der Waals surface area contributed by atoms with Crippen molar-refractivity contribution in [2.24, 2.45) is 5.92 Å². The molecular formula is C17H16F2N2O3. The molecule has 126 valence electrons. The number of carbonyl (C=O) groups is 1. The lowest BCUT2D eigenvalue weighted by molar-refractivity contribution is -0.133. The topological polar surface area (TPSA) is 71.2 Å². The second-order valence-electron chi connectivity index (χ2n) is 5.59. The summed E-state index contributed by atoms with van der Waals surface area (Å²) in [5, 5.41) is 2.59. The van der Waals surface area contributed by atoms with E-state index in [0.717, 1.165) is 5.56 Å². The van der Waals surface area contributed by atoms with Gasteiger partial charge in [-0.1, -0.05) is 24.3 Å². The summed E-state index contributed by atoms with van der Waals surface area (Å²) >= 11 is 0. The normalized spacial score (nSPS) is 19.5. The third-order valence-electron chi connectivity index (χ3n) is 3.94. The van der Waals surface area contributed by atoms with Crippen molar-refractivity contribution in [3.63, 3.8) is 0 Å². The van der Waals surface area contributed by atoms with E-state index >= 15 is 0 Å². The number of carbonyl (C=O) groups excluding carboxylic acids is 1. The number of pyridine rings is 1. The van der Waals surface area contributed by atoms with Gasteiger partial charge in [-0.15, -0.1) is 0 Å². The maximum absolute atomic E-state index is 13.3. The molecule has 1 aliphatic heterocycles. The van der Waals surface area contributed by atoms with Crippen LogP contribution in [0.15, 0.2) is 47.3 Å². The number of amides is 1. The Morgan fingerprint density at radius 2 is 2.04 bits per heavy atom. The molecule has 1 amide bonds. The van der Waals surface area contributed by atoms with Crippen molar-refractivity contribution in [1.29, 1.82) is 0 Å². The molecule has 0 radical (unpaired) electrons. The van der Waals surface area contributed by atoms with Crippen molar-refractivity contribution < 1.29 is 18.3 Å². The van der Waals surface area contributed by atoms with Crippen LogP contribution >= 0.6 is 0 Å². The number of benzene rings is 1. The van der Waals surface area contributed by atoms with Crippen LogP contribution in [-0.2, 0) is 17.8 Å². The fraction of sp³-hybridized carbons (Fsp3) is 0.294. The smallest absolute Gasteiger partial charge is 0.275 e. The van der Waals surface area contributed by atoms with E-state index in [4.69, 9.17) is 4.74 Å². The van der Waals surface area contributed by atoms with Crippen LogP contribution in [0.5, 0.6) is 5.75 Å². The lowest BCUT2D eigenvalue weighted by Crippen LogP contribution is -2.47. The summed E-state index contributed by atoms with van der Waals surface area (Å²) in [5.41, 5.74) is 0.936. The first-order valence-electron chi connectivity index (χ1n) is 7.53. The summed E-state index contributed by atoms with van der Waals surface area (Å²) < 4.78 is 31.9. The highest BCUT2D eigenvalue weighted by Gasteiger charge is 2.40. The van der Waals surface area contributed by atoms with Crippen molar-refractivity contribution in [1.82, 2.24) is 10.3 Å². The Bertz CT molecular complexity index is 791. The summed E-state index contributed by atoms with van der Waals surface area (Å²) in [6.07, 6.45) is -4.08. The molecule has 7 heteroatoms. The van der Waals surface area contributed by atoms with Crippen LogP contribution in [0, 0.1) is 5.92 Å².